The van der Waals surface area contributed by atoms with Crippen LogP contribution in [0.3, 0.4) is 0 Å². The molecule has 0 saturated heterocycles. The predicted octanol–water partition coefficient (Wildman–Crippen LogP) is 1.46. The van der Waals surface area contributed by atoms with Gasteiger partial charge in [-0.25, -0.2) is 9.59 Å². The number of aromatic nitrogens is 1. The molecule has 1 N–H and O–H groups in total. The van der Waals surface area contributed by atoms with Crippen LogP contribution in [0.2, 0.25) is 0 Å². The molecule has 0 bridgehead atoms. The topological polar surface area (TPSA) is 79.7 Å². The minimum Gasteiger partial charge on any atom is -0.478 e. The number of hydrogen-bond acceptors (Lipinski definition) is 4. The predicted molar refractivity (Wildman–Crippen MR) is 66.9 cm³/mol. The molecule has 1 aromatic rings. The molecule has 0 radical (unpaired) electrons. The Labute approximate surface area is 110 Å². The van der Waals surface area contributed by atoms with Crippen LogP contribution in [0.15, 0.2) is 25.0 Å². The number of ether oxygens (including phenoxy) is 1. The van der Waals surface area contributed by atoms with Gasteiger partial charge in [-0.3, -0.25) is 4.98 Å². The summed E-state index contributed by atoms with van der Waals surface area (Å²) >= 11 is 0. The summed E-state index contributed by atoms with van der Waals surface area (Å²) in [4.78, 5) is 28.2. The van der Waals surface area contributed by atoms with Gasteiger partial charge < -0.3 is 14.7 Å². The monoisotopic (exact) mass is 262 g/mol. The van der Waals surface area contributed by atoms with Gasteiger partial charge >= 0.3 is 12.1 Å². The molecular formula is C13H14N2O4. The first-order valence-electron chi connectivity index (χ1n) is 5.85. The Morgan fingerprint density at radius 2 is 2.32 bits per heavy atom. The summed E-state index contributed by atoms with van der Waals surface area (Å²) in [7, 11) is 0. The molecule has 0 unspecified atom stereocenters. The summed E-state index contributed by atoms with van der Waals surface area (Å²) in [6.07, 6.45) is 4.50. The first kappa shape index (κ1) is 13.1. The van der Waals surface area contributed by atoms with Crippen molar-refractivity contribution in [2.45, 2.75) is 13.0 Å². The van der Waals surface area contributed by atoms with Gasteiger partial charge in [0.1, 0.15) is 6.61 Å². The molecule has 2 heterocycles. The summed E-state index contributed by atoms with van der Waals surface area (Å²) in [5.41, 5.74) is 1.70. The van der Waals surface area contributed by atoms with Gasteiger partial charge in [-0.2, -0.15) is 0 Å². The second-order valence-electron chi connectivity index (χ2n) is 4.17. The molecule has 19 heavy (non-hydrogen) atoms. The summed E-state index contributed by atoms with van der Waals surface area (Å²) < 4.78 is 4.96. The van der Waals surface area contributed by atoms with Gasteiger partial charge in [0.25, 0.3) is 0 Å². The minimum atomic E-state index is -0.993. The molecular weight excluding hydrogens is 248 g/mol. The van der Waals surface area contributed by atoms with Crippen LogP contribution in [0.4, 0.5) is 4.79 Å². The van der Waals surface area contributed by atoms with E-state index < -0.39 is 12.1 Å². The quantitative estimate of drug-likeness (QED) is 0.834. The molecule has 1 aromatic heterocycles. The molecule has 100 valence electrons. The fourth-order valence-corrected chi connectivity index (χ4v) is 2.06. The van der Waals surface area contributed by atoms with Crippen molar-refractivity contribution in [3.63, 3.8) is 0 Å². The van der Waals surface area contributed by atoms with Crippen LogP contribution in [0.1, 0.15) is 21.5 Å². The van der Waals surface area contributed by atoms with E-state index >= 15 is 0 Å². The maximum Gasteiger partial charge on any atom is 0.410 e. The lowest BCUT2D eigenvalue weighted by molar-refractivity contribution is 0.0694. The number of aromatic carboxylic acids is 1. The van der Waals surface area contributed by atoms with E-state index in [9.17, 15) is 9.59 Å². The van der Waals surface area contributed by atoms with Crippen molar-refractivity contribution in [3.05, 3.63) is 41.7 Å². The second-order valence-corrected chi connectivity index (χ2v) is 4.17. The van der Waals surface area contributed by atoms with Crippen LogP contribution >= 0.6 is 0 Å². The summed E-state index contributed by atoms with van der Waals surface area (Å²) in [6, 6.07) is 0. The van der Waals surface area contributed by atoms with Crippen LogP contribution < -0.4 is 0 Å². The Hall–Kier alpha value is -2.37. The Morgan fingerprint density at radius 1 is 1.53 bits per heavy atom. The van der Waals surface area contributed by atoms with Crippen molar-refractivity contribution < 1.29 is 19.4 Å². The van der Waals surface area contributed by atoms with Crippen molar-refractivity contribution in [2.24, 2.45) is 0 Å². The van der Waals surface area contributed by atoms with Crippen LogP contribution in [-0.2, 0) is 17.7 Å². The third-order valence-electron chi connectivity index (χ3n) is 2.95. The smallest absolute Gasteiger partial charge is 0.410 e. The number of hydrogen-bond donors (Lipinski definition) is 1. The van der Waals surface area contributed by atoms with Gasteiger partial charge in [0.2, 0.25) is 0 Å². The van der Waals surface area contributed by atoms with Gasteiger partial charge in [0.05, 0.1) is 12.1 Å². The summed E-state index contributed by atoms with van der Waals surface area (Å²) in [5.74, 6) is -0.993. The SMILES string of the molecule is C=CCOC(=O)N1CCc2c(cncc2C(=O)O)C1. The molecule has 0 aromatic carbocycles. The first-order valence-corrected chi connectivity index (χ1v) is 5.85. The normalized spacial score (nSPS) is 13.6. The highest BCUT2D eigenvalue weighted by Gasteiger charge is 2.25. The summed E-state index contributed by atoms with van der Waals surface area (Å²) in [6.45, 7) is 4.39. The molecule has 6 nitrogen and oxygen atoms in total. The number of rotatable bonds is 3. The second kappa shape index (κ2) is 5.51. The molecule has 0 saturated carbocycles. The largest absolute Gasteiger partial charge is 0.478 e. The van der Waals surface area contributed by atoms with Gasteiger partial charge in [0.15, 0.2) is 0 Å². The Bertz CT molecular complexity index is 527. The fraction of sp³-hybridized carbons (Fsp3) is 0.308. The van der Waals surface area contributed by atoms with Crippen molar-refractivity contribution in [3.8, 4) is 0 Å². The molecule has 1 aliphatic heterocycles. The van der Waals surface area contributed by atoms with E-state index in [1.54, 1.807) is 6.20 Å². The van der Waals surface area contributed by atoms with E-state index in [0.29, 0.717) is 19.5 Å². The zero-order valence-electron chi connectivity index (χ0n) is 10.3. The highest BCUT2D eigenvalue weighted by atomic mass is 16.6. The van der Waals surface area contributed by atoms with Crippen LogP contribution in [0.5, 0.6) is 0 Å². The molecule has 0 atom stereocenters. The van der Waals surface area contributed by atoms with Crippen molar-refractivity contribution in [1.29, 1.82) is 0 Å². The number of carboxylic acid groups (broad SMARTS) is 1. The minimum absolute atomic E-state index is 0.162. The third kappa shape index (κ3) is 2.73. The number of carboxylic acids is 1. The highest BCUT2D eigenvalue weighted by molar-refractivity contribution is 5.89. The molecule has 6 heteroatoms. The molecule has 1 amide bonds. The zero-order chi connectivity index (χ0) is 13.8. The lowest BCUT2D eigenvalue weighted by atomic mass is 9.97. The maximum atomic E-state index is 11.7. The number of fused-ring (bicyclic) bond motifs is 1. The van der Waals surface area contributed by atoms with E-state index in [1.165, 1.54) is 17.2 Å². The van der Waals surface area contributed by atoms with Crippen molar-refractivity contribution in [2.75, 3.05) is 13.2 Å². The van der Waals surface area contributed by atoms with Crippen LogP contribution in [-0.4, -0.2) is 40.2 Å². The zero-order valence-corrected chi connectivity index (χ0v) is 10.3. The average Bonchev–Trinajstić information content (AvgIpc) is 2.43. The maximum absolute atomic E-state index is 11.7. The number of carbonyl (C=O) groups is 2. The Kier molecular flexibility index (Phi) is 3.79. The highest BCUT2D eigenvalue weighted by Crippen LogP contribution is 2.22. The third-order valence-corrected chi connectivity index (χ3v) is 2.95. The van der Waals surface area contributed by atoms with Gasteiger partial charge in [-0.05, 0) is 17.5 Å². The van der Waals surface area contributed by atoms with E-state index in [2.05, 4.69) is 11.6 Å². The summed E-state index contributed by atoms with van der Waals surface area (Å²) in [5, 5.41) is 9.08. The molecule has 1 aliphatic rings. The van der Waals surface area contributed by atoms with Gasteiger partial charge in [-0.15, -0.1) is 0 Å². The lowest BCUT2D eigenvalue weighted by Gasteiger charge is -2.28. The fourth-order valence-electron chi connectivity index (χ4n) is 2.06. The number of pyridine rings is 1. The van der Waals surface area contributed by atoms with Crippen LogP contribution in [0.25, 0.3) is 0 Å². The van der Waals surface area contributed by atoms with Crippen molar-refractivity contribution >= 4 is 12.1 Å². The molecule has 0 aliphatic carbocycles. The molecule has 0 fully saturated rings. The lowest BCUT2D eigenvalue weighted by Crippen LogP contribution is -2.37. The molecule has 0 spiro atoms. The van der Waals surface area contributed by atoms with E-state index in [1.807, 2.05) is 0 Å². The number of amides is 1. The Balaban J connectivity index is 2.16. The number of nitrogens with zero attached hydrogens (tertiary/aromatic N) is 2. The van der Waals surface area contributed by atoms with Gasteiger partial charge in [0, 0.05) is 18.9 Å². The number of carbonyl (C=O) groups excluding carboxylic acids is 1. The van der Waals surface area contributed by atoms with Crippen molar-refractivity contribution in [1.82, 2.24) is 9.88 Å². The van der Waals surface area contributed by atoms with Gasteiger partial charge in [-0.1, -0.05) is 12.7 Å². The van der Waals surface area contributed by atoms with E-state index in [-0.39, 0.29) is 12.2 Å². The first-order chi connectivity index (χ1) is 9.13. The molecule has 2 rings (SSSR count). The van der Waals surface area contributed by atoms with Crippen LogP contribution in [0, 0.1) is 0 Å². The average molecular weight is 262 g/mol. The van der Waals surface area contributed by atoms with E-state index in [4.69, 9.17) is 9.84 Å². The standard InChI is InChI=1S/C13H14N2O4/c1-2-5-19-13(18)15-4-3-10-9(8-15)6-14-7-11(10)12(16)17/h2,6-7H,1,3-5,8H2,(H,16,17). The Morgan fingerprint density at radius 3 is 3.00 bits per heavy atom. The van der Waals surface area contributed by atoms with E-state index in [0.717, 1.165) is 11.1 Å².